The molecule has 0 radical (unpaired) electrons. The van der Waals surface area contributed by atoms with Crippen molar-refractivity contribution in [3.8, 4) is 0 Å². The Morgan fingerprint density at radius 3 is 2.22 bits per heavy atom. The van der Waals surface area contributed by atoms with Gasteiger partial charge in [0.1, 0.15) is 9.84 Å². The lowest BCUT2D eigenvalue weighted by atomic mass is 9.66. The number of rotatable bonds is 7. The Morgan fingerprint density at radius 2 is 1.83 bits per heavy atom. The van der Waals surface area contributed by atoms with Gasteiger partial charge in [-0.05, 0) is 51.9 Å². The smallest absolute Gasteiger partial charge is 0.150 e. The van der Waals surface area contributed by atoms with Crippen molar-refractivity contribution >= 4 is 9.84 Å². The maximum absolute atomic E-state index is 11.5. The first-order valence-electron chi connectivity index (χ1n) is 7.14. The van der Waals surface area contributed by atoms with Crippen LogP contribution in [0.4, 0.5) is 0 Å². The second-order valence-electron chi connectivity index (χ2n) is 6.80. The molecule has 0 saturated heterocycles. The molecule has 1 aliphatic rings. The minimum Gasteiger partial charge on any atom is -0.312 e. The highest BCUT2D eigenvalue weighted by Crippen LogP contribution is 2.44. The van der Waals surface area contributed by atoms with E-state index in [-0.39, 0.29) is 11.3 Å². The van der Waals surface area contributed by atoms with Crippen LogP contribution in [0.3, 0.4) is 0 Å². The molecule has 1 fully saturated rings. The summed E-state index contributed by atoms with van der Waals surface area (Å²) in [5, 5.41) is 3.58. The lowest BCUT2D eigenvalue weighted by Crippen LogP contribution is -2.47. The summed E-state index contributed by atoms with van der Waals surface area (Å²) >= 11 is 0. The molecule has 18 heavy (non-hydrogen) atoms. The largest absolute Gasteiger partial charge is 0.312 e. The molecule has 0 amide bonds. The molecule has 1 N–H and O–H groups in total. The van der Waals surface area contributed by atoms with Crippen LogP contribution in [0.2, 0.25) is 0 Å². The fourth-order valence-electron chi connectivity index (χ4n) is 2.46. The summed E-state index contributed by atoms with van der Waals surface area (Å²) in [7, 11) is -2.79. The maximum Gasteiger partial charge on any atom is 0.150 e. The van der Waals surface area contributed by atoms with Crippen molar-refractivity contribution < 1.29 is 8.42 Å². The third kappa shape index (κ3) is 5.27. The van der Waals surface area contributed by atoms with Crippen LogP contribution in [0.5, 0.6) is 0 Å². The Balaban J connectivity index is 2.37. The van der Waals surface area contributed by atoms with E-state index in [0.717, 1.165) is 19.4 Å². The third-order valence-corrected chi connectivity index (χ3v) is 5.80. The van der Waals surface area contributed by atoms with Crippen LogP contribution in [0.15, 0.2) is 0 Å². The van der Waals surface area contributed by atoms with Crippen molar-refractivity contribution in [1.82, 2.24) is 5.32 Å². The molecule has 0 atom stereocenters. The Kier molecular flexibility index (Phi) is 5.24. The van der Waals surface area contributed by atoms with E-state index in [1.807, 2.05) is 0 Å². The molecule has 0 heterocycles. The topological polar surface area (TPSA) is 46.2 Å². The van der Waals surface area contributed by atoms with E-state index in [4.69, 9.17) is 0 Å². The monoisotopic (exact) mass is 275 g/mol. The molecule has 0 aromatic carbocycles. The molecule has 1 aliphatic carbocycles. The molecule has 0 unspecified atom stereocenters. The van der Waals surface area contributed by atoms with Crippen LogP contribution in [0.1, 0.15) is 59.8 Å². The summed E-state index contributed by atoms with van der Waals surface area (Å²) in [6.45, 7) is 9.31. The molecule has 1 saturated carbocycles. The lowest BCUT2D eigenvalue weighted by molar-refractivity contribution is 0.105. The quantitative estimate of drug-likeness (QED) is 0.777. The molecule has 108 valence electrons. The third-order valence-electron chi connectivity index (χ3n) is 4.01. The Morgan fingerprint density at radius 1 is 1.22 bits per heavy atom. The van der Waals surface area contributed by atoms with Crippen LogP contribution in [0.25, 0.3) is 0 Å². The summed E-state index contributed by atoms with van der Waals surface area (Å²) < 4.78 is 23.0. The summed E-state index contributed by atoms with van der Waals surface area (Å²) in [4.78, 5) is 0. The molecule has 1 rings (SSSR count). The van der Waals surface area contributed by atoms with Gasteiger partial charge < -0.3 is 5.32 Å². The van der Waals surface area contributed by atoms with Crippen LogP contribution in [-0.4, -0.2) is 32.0 Å². The molecule has 0 aromatic rings. The predicted octanol–water partition coefficient (Wildman–Crippen LogP) is 2.76. The van der Waals surface area contributed by atoms with Gasteiger partial charge in [0.2, 0.25) is 0 Å². The van der Waals surface area contributed by atoms with Crippen molar-refractivity contribution in [1.29, 1.82) is 0 Å². The van der Waals surface area contributed by atoms with Gasteiger partial charge in [0.25, 0.3) is 0 Å². The fraction of sp³-hybridized carbons (Fsp3) is 1.00. The van der Waals surface area contributed by atoms with Gasteiger partial charge in [0.15, 0.2) is 0 Å². The summed E-state index contributed by atoms with van der Waals surface area (Å²) in [6, 6.07) is 0. The Hall–Kier alpha value is -0.0900. The highest BCUT2D eigenvalue weighted by molar-refractivity contribution is 7.91. The molecule has 3 nitrogen and oxygen atoms in total. The number of hydrogen-bond acceptors (Lipinski definition) is 3. The van der Waals surface area contributed by atoms with Crippen LogP contribution >= 0.6 is 0 Å². The normalized spacial score (nSPS) is 19.6. The highest BCUT2D eigenvalue weighted by Gasteiger charge is 2.37. The van der Waals surface area contributed by atoms with E-state index in [0.29, 0.717) is 11.2 Å². The molecular weight excluding hydrogens is 246 g/mol. The zero-order valence-electron chi connectivity index (χ0n) is 12.4. The van der Waals surface area contributed by atoms with E-state index in [1.54, 1.807) is 6.92 Å². The summed E-state index contributed by atoms with van der Waals surface area (Å²) in [5.74, 6) is 0.640. The van der Waals surface area contributed by atoms with E-state index in [1.165, 1.54) is 19.3 Å². The molecule has 0 spiro atoms. The Bertz CT molecular complexity index is 350. The van der Waals surface area contributed by atoms with Gasteiger partial charge in [0.05, 0.1) is 5.75 Å². The minimum atomic E-state index is -2.79. The standard InChI is InChI=1S/C14H29NO2S/c1-5-18(16,17)11-7-10-14(8-6-9-14)12-15-13(2,3)4/h15H,5-12H2,1-4H3. The fourth-order valence-corrected chi connectivity index (χ4v) is 3.33. The van der Waals surface area contributed by atoms with E-state index >= 15 is 0 Å². The molecular formula is C14H29NO2S. The van der Waals surface area contributed by atoms with Gasteiger partial charge in [0, 0.05) is 17.8 Å². The van der Waals surface area contributed by atoms with E-state index in [2.05, 4.69) is 26.1 Å². The SMILES string of the molecule is CCS(=O)(=O)CCCC1(CNC(C)(C)C)CCC1. The average molecular weight is 275 g/mol. The summed E-state index contributed by atoms with van der Waals surface area (Å²) in [5.41, 5.74) is 0.522. The first kappa shape index (κ1) is 16.0. The number of hydrogen-bond donors (Lipinski definition) is 1. The van der Waals surface area contributed by atoms with Gasteiger partial charge in [-0.15, -0.1) is 0 Å². The van der Waals surface area contributed by atoms with E-state index in [9.17, 15) is 8.42 Å². The van der Waals surface area contributed by atoms with Gasteiger partial charge in [-0.2, -0.15) is 0 Å². The van der Waals surface area contributed by atoms with Gasteiger partial charge >= 0.3 is 0 Å². The predicted molar refractivity (Wildman–Crippen MR) is 77.6 cm³/mol. The van der Waals surface area contributed by atoms with Crippen LogP contribution in [-0.2, 0) is 9.84 Å². The number of sulfone groups is 1. The summed E-state index contributed by atoms with van der Waals surface area (Å²) in [6.07, 6.45) is 5.67. The van der Waals surface area contributed by atoms with Gasteiger partial charge in [-0.25, -0.2) is 8.42 Å². The second kappa shape index (κ2) is 5.91. The molecule has 0 bridgehead atoms. The molecule has 4 heteroatoms. The molecule has 0 aliphatic heterocycles. The lowest BCUT2D eigenvalue weighted by Gasteiger charge is -2.44. The van der Waals surface area contributed by atoms with Crippen molar-refractivity contribution in [2.24, 2.45) is 5.41 Å². The van der Waals surface area contributed by atoms with Crippen molar-refractivity contribution in [3.63, 3.8) is 0 Å². The van der Waals surface area contributed by atoms with Gasteiger partial charge in [-0.1, -0.05) is 13.3 Å². The second-order valence-corrected chi connectivity index (χ2v) is 9.27. The molecule has 0 aromatic heterocycles. The number of nitrogens with one attached hydrogen (secondary N) is 1. The van der Waals surface area contributed by atoms with Crippen molar-refractivity contribution in [2.45, 2.75) is 65.3 Å². The minimum absolute atomic E-state index is 0.151. The van der Waals surface area contributed by atoms with E-state index < -0.39 is 9.84 Å². The van der Waals surface area contributed by atoms with Crippen LogP contribution < -0.4 is 5.32 Å². The first-order chi connectivity index (χ1) is 8.18. The zero-order valence-corrected chi connectivity index (χ0v) is 13.2. The van der Waals surface area contributed by atoms with Crippen molar-refractivity contribution in [3.05, 3.63) is 0 Å². The Labute approximate surface area is 113 Å². The first-order valence-corrected chi connectivity index (χ1v) is 8.96. The maximum atomic E-state index is 11.5. The van der Waals surface area contributed by atoms with Gasteiger partial charge in [-0.3, -0.25) is 0 Å². The average Bonchev–Trinajstić information content (AvgIpc) is 2.19. The van der Waals surface area contributed by atoms with Crippen molar-refractivity contribution in [2.75, 3.05) is 18.1 Å². The van der Waals surface area contributed by atoms with Crippen LogP contribution in [0, 0.1) is 5.41 Å². The highest BCUT2D eigenvalue weighted by atomic mass is 32.2. The zero-order chi connectivity index (χ0) is 13.9.